The smallest absolute Gasteiger partial charge is 0.262 e. The van der Waals surface area contributed by atoms with Gasteiger partial charge < -0.3 is 20.3 Å². The van der Waals surface area contributed by atoms with Crippen molar-refractivity contribution >= 4 is 52.5 Å². The maximum atomic E-state index is 13.5. The van der Waals surface area contributed by atoms with Crippen LogP contribution in [0.3, 0.4) is 0 Å². The summed E-state index contributed by atoms with van der Waals surface area (Å²) in [5.74, 6) is -1.04. The number of carbonyl (C=O) groups excluding carboxylic acids is 5. The van der Waals surface area contributed by atoms with Crippen LogP contribution in [0, 0.1) is 33.5 Å². The number of hydrogen-bond donors (Lipinski definition) is 3. The molecule has 3 aromatic carbocycles. The van der Waals surface area contributed by atoms with E-state index >= 15 is 0 Å². The van der Waals surface area contributed by atoms with E-state index in [0.717, 1.165) is 61.6 Å². The molecule has 0 aromatic heterocycles. The molecule has 5 aliphatic rings. The fraction of sp³-hybridized carbons (Fsp3) is 0.455. The molecule has 3 N–H and O–H groups in total. The number of piperidine rings is 2. The van der Waals surface area contributed by atoms with Crippen molar-refractivity contribution in [1.82, 2.24) is 15.5 Å². The lowest BCUT2D eigenvalue weighted by molar-refractivity contribution is -0.164. The van der Waals surface area contributed by atoms with Crippen molar-refractivity contribution in [1.29, 1.82) is 5.26 Å². The van der Waals surface area contributed by atoms with Gasteiger partial charge in [-0.05, 0) is 98.0 Å². The molecule has 1 unspecified atom stereocenters. The van der Waals surface area contributed by atoms with Crippen LogP contribution >= 0.6 is 11.6 Å². The van der Waals surface area contributed by atoms with Crippen LogP contribution in [0.2, 0.25) is 5.02 Å². The van der Waals surface area contributed by atoms with Gasteiger partial charge in [-0.15, -0.1) is 0 Å². The topological polar surface area (TPSA) is 161 Å². The van der Waals surface area contributed by atoms with Gasteiger partial charge in [0.05, 0.1) is 21.7 Å². The predicted octanol–water partition coefficient (Wildman–Crippen LogP) is 6.33. The number of halogens is 1. The third-order valence-electron chi connectivity index (χ3n) is 13.2. The Kier molecular flexibility index (Phi) is 9.58. The summed E-state index contributed by atoms with van der Waals surface area (Å²) in [6.45, 7) is 11.0. The molecule has 3 aromatic rings. The number of fused-ring (bicyclic) bond motifs is 1. The van der Waals surface area contributed by atoms with Crippen molar-refractivity contribution < 1.29 is 28.7 Å². The molecule has 5 amide bonds. The van der Waals surface area contributed by atoms with Crippen LogP contribution in [0.5, 0.6) is 5.75 Å². The molecule has 1 spiro atoms. The lowest BCUT2D eigenvalue weighted by Crippen LogP contribution is -2.74. The van der Waals surface area contributed by atoms with Crippen molar-refractivity contribution in [3.63, 3.8) is 0 Å². The number of amides is 5. The molecule has 12 nitrogen and oxygen atoms in total. The molecule has 13 heteroatoms. The molecule has 3 heterocycles. The average Bonchev–Trinajstić information content (AvgIpc) is 3.42. The zero-order valence-corrected chi connectivity index (χ0v) is 33.4. The highest BCUT2D eigenvalue weighted by atomic mass is 35.5. The number of benzene rings is 3. The first-order valence-electron chi connectivity index (χ1n) is 19.7. The summed E-state index contributed by atoms with van der Waals surface area (Å²) >= 11 is 6.25. The van der Waals surface area contributed by atoms with Crippen molar-refractivity contribution in [3.05, 3.63) is 87.9 Å². The van der Waals surface area contributed by atoms with Crippen LogP contribution in [0.1, 0.15) is 103 Å². The number of nitriles is 1. The van der Waals surface area contributed by atoms with E-state index < -0.39 is 29.7 Å². The molecule has 0 radical (unpaired) electrons. The van der Waals surface area contributed by atoms with Crippen molar-refractivity contribution in [2.24, 2.45) is 22.2 Å². The van der Waals surface area contributed by atoms with Crippen molar-refractivity contribution in [2.45, 2.75) is 84.4 Å². The van der Waals surface area contributed by atoms with Gasteiger partial charge in [0.1, 0.15) is 24.0 Å². The quantitative estimate of drug-likeness (QED) is 0.210. The first-order valence-corrected chi connectivity index (χ1v) is 20.1. The van der Waals surface area contributed by atoms with E-state index in [4.69, 9.17) is 16.3 Å². The molecule has 57 heavy (non-hydrogen) atoms. The van der Waals surface area contributed by atoms with Gasteiger partial charge in [-0.25, -0.2) is 0 Å². The zero-order chi connectivity index (χ0) is 40.4. The number of anilines is 2. The summed E-state index contributed by atoms with van der Waals surface area (Å²) < 4.78 is 6.38. The van der Waals surface area contributed by atoms with E-state index in [-0.39, 0.29) is 52.9 Å². The average molecular weight is 791 g/mol. The van der Waals surface area contributed by atoms with Crippen LogP contribution < -0.4 is 25.6 Å². The molecule has 2 saturated heterocycles. The molecular weight excluding hydrogens is 744 g/mol. The Morgan fingerprint density at radius 3 is 2.26 bits per heavy atom. The van der Waals surface area contributed by atoms with Crippen LogP contribution in [0.4, 0.5) is 11.4 Å². The molecule has 2 aliphatic carbocycles. The Hall–Kier alpha value is -5.41. The second kappa shape index (κ2) is 14.2. The number of ether oxygens (including phenoxy) is 1. The Morgan fingerprint density at radius 2 is 1.61 bits per heavy atom. The van der Waals surface area contributed by atoms with Crippen molar-refractivity contribution in [3.8, 4) is 11.8 Å². The van der Waals surface area contributed by atoms with Crippen LogP contribution in [0.15, 0.2) is 60.7 Å². The zero-order valence-electron chi connectivity index (χ0n) is 32.6. The fourth-order valence-corrected chi connectivity index (χ4v) is 10.6. The van der Waals surface area contributed by atoms with E-state index in [1.165, 1.54) is 0 Å². The number of rotatable bonds is 9. The molecular formula is C44H47ClN6O6. The van der Waals surface area contributed by atoms with Gasteiger partial charge in [-0.1, -0.05) is 39.3 Å². The minimum atomic E-state index is -0.979. The van der Waals surface area contributed by atoms with E-state index in [0.29, 0.717) is 33.2 Å². The number of nitrogens with one attached hydrogen (secondary N) is 3. The third kappa shape index (κ3) is 6.79. The summed E-state index contributed by atoms with van der Waals surface area (Å²) in [6, 6.07) is 19.1. The molecule has 4 fully saturated rings. The van der Waals surface area contributed by atoms with Gasteiger partial charge in [-0.3, -0.25) is 34.2 Å². The van der Waals surface area contributed by atoms with Gasteiger partial charge in [0.2, 0.25) is 11.8 Å². The fourth-order valence-electron chi connectivity index (χ4n) is 10.4. The van der Waals surface area contributed by atoms with Crippen LogP contribution in [-0.4, -0.2) is 72.3 Å². The summed E-state index contributed by atoms with van der Waals surface area (Å²) in [5, 5.41) is 18.5. The summed E-state index contributed by atoms with van der Waals surface area (Å²) in [4.78, 5) is 67.1. The highest BCUT2D eigenvalue weighted by molar-refractivity contribution is 6.31. The van der Waals surface area contributed by atoms with Gasteiger partial charge in [0.25, 0.3) is 17.7 Å². The second-order valence-electron chi connectivity index (χ2n) is 17.7. The largest absolute Gasteiger partial charge is 0.489 e. The minimum absolute atomic E-state index is 0.0864. The van der Waals surface area contributed by atoms with Crippen LogP contribution in [0.25, 0.3) is 0 Å². The maximum Gasteiger partial charge on any atom is 0.262 e. The second-order valence-corrected chi connectivity index (χ2v) is 18.1. The number of nitrogens with zero attached hydrogens (tertiary/aromatic N) is 3. The highest BCUT2D eigenvalue weighted by Gasteiger charge is 2.64. The van der Waals surface area contributed by atoms with Gasteiger partial charge in [0, 0.05) is 65.9 Å². The highest BCUT2D eigenvalue weighted by Crippen LogP contribution is 2.56. The van der Waals surface area contributed by atoms with E-state index in [9.17, 15) is 29.2 Å². The SMILES string of the molecule is CC1(C)[C@H](NC(=O)c2ccc(N3CCC4(CC3)CC(CNc3ccc5c(c3)C(=O)N(C3CCC(=O)NC3=O)C5=O)C4)cc2)C(C)(C)[C@H]1Oc1ccc(C#N)c(Cl)c1. The predicted molar refractivity (Wildman–Crippen MR) is 214 cm³/mol. The van der Waals surface area contributed by atoms with Gasteiger partial charge in [-0.2, -0.15) is 5.26 Å². The number of carbonyl (C=O) groups is 5. The van der Waals surface area contributed by atoms with E-state index in [1.807, 2.05) is 24.3 Å². The number of imide groups is 2. The lowest BCUT2D eigenvalue weighted by Gasteiger charge is -2.63. The Balaban J connectivity index is 0.797. The first kappa shape index (κ1) is 38.5. The third-order valence-corrected chi connectivity index (χ3v) is 13.5. The minimum Gasteiger partial charge on any atom is -0.489 e. The summed E-state index contributed by atoms with van der Waals surface area (Å²) in [7, 11) is 0. The standard InChI is InChI=1S/C44H47ClN6O6/c1-42(2)40(43(3,4)41(42)57-30-11-7-27(23-46)33(45)20-30)49-36(53)26-5-9-29(10-6-26)50-17-15-44(16-18-50)21-25(22-44)24-47-28-8-12-31-32(19-28)39(56)51(38(31)55)34-13-14-35(52)48-37(34)54/h5-12,19-20,25,34,40-41,47H,13-18,21-22,24H2,1-4H3,(H,49,53)(H,48,52,54)/t34?,40-,41-. The summed E-state index contributed by atoms with van der Waals surface area (Å²) in [5.41, 5.74) is 3.05. The van der Waals surface area contributed by atoms with E-state index in [1.54, 1.807) is 36.4 Å². The van der Waals surface area contributed by atoms with Crippen molar-refractivity contribution in [2.75, 3.05) is 29.9 Å². The van der Waals surface area contributed by atoms with Crippen LogP contribution in [-0.2, 0) is 9.59 Å². The summed E-state index contributed by atoms with van der Waals surface area (Å²) in [6.07, 6.45) is 4.48. The molecule has 3 aliphatic heterocycles. The maximum absolute atomic E-state index is 13.5. The van der Waals surface area contributed by atoms with E-state index in [2.05, 4.69) is 54.6 Å². The first-order chi connectivity index (χ1) is 27.1. The molecule has 296 valence electrons. The Bertz CT molecular complexity index is 2200. The van der Waals surface area contributed by atoms with Gasteiger partial charge in [0.15, 0.2) is 0 Å². The molecule has 2 saturated carbocycles. The normalized spacial score (nSPS) is 24.5. The molecule has 1 atom stereocenters. The number of hydrogen-bond acceptors (Lipinski definition) is 9. The monoisotopic (exact) mass is 790 g/mol. The van der Waals surface area contributed by atoms with Gasteiger partial charge >= 0.3 is 0 Å². The molecule has 0 bridgehead atoms. The Morgan fingerprint density at radius 1 is 0.930 bits per heavy atom. The Labute approximate surface area is 337 Å². The lowest BCUT2D eigenvalue weighted by atomic mass is 9.49. The molecule has 8 rings (SSSR count).